The Balaban J connectivity index is 2.11. The maximum atomic E-state index is 13.4. The number of halogens is 1. The highest BCUT2D eigenvalue weighted by atomic mass is 19.1. The number of hydrogen-bond acceptors (Lipinski definition) is 2. The molecule has 3 N–H and O–H groups in total. The molecule has 102 valence electrons. The van der Waals surface area contributed by atoms with E-state index in [0.29, 0.717) is 11.4 Å². The lowest BCUT2D eigenvalue weighted by atomic mass is 10.0. The minimum absolute atomic E-state index is 0.269. The molecular weight excluding hydrogens is 227 g/mol. The van der Waals surface area contributed by atoms with Gasteiger partial charge in [-0.25, -0.2) is 4.39 Å². The topological polar surface area (TPSA) is 38.0 Å². The number of benzene rings is 1. The Kier molecular flexibility index (Phi) is 6.55. The smallest absolute Gasteiger partial charge is 0.148 e. The number of rotatable bonds is 8. The van der Waals surface area contributed by atoms with E-state index in [9.17, 15) is 4.39 Å². The average molecular weight is 252 g/mol. The molecule has 0 aliphatic rings. The highest BCUT2D eigenvalue weighted by molar-refractivity contribution is 5.52. The normalized spacial score (nSPS) is 10.9. The highest BCUT2D eigenvalue weighted by Gasteiger charge is 2.01. The number of nitrogen functional groups attached to an aromatic ring is 1. The Morgan fingerprint density at radius 2 is 1.89 bits per heavy atom. The van der Waals surface area contributed by atoms with Crippen molar-refractivity contribution in [3.05, 3.63) is 24.0 Å². The number of nitrogens with two attached hydrogens (primary N) is 1. The Hall–Kier alpha value is -1.25. The summed E-state index contributed by atoms with van der Waals surface area (Å²) in [4.78, 5) is 0. The first kappa shape index (κ1) is 14.8. The lowest BCUT2D eigenvalue weighted by molar-refractivity contribution is 0.522. The van der Waals surface area contributed by atoms with E-state index in [-0.39, 0.29) is 5.82 Å². The third-order valence-electron chi connectivity index (χ3n) is 3.02. The zero-order chi connectivity index (χ0) is 13.4. The summed E-state index contributed by atoms with van der Waals surface area (Å²) >= 11 is 0. The number of nitrogens with one attached hydrogen (secondary N) is 1. The van der Waals surface area contributed by atoms with Crippen molar-refractivity contribution in [1.82, 2.24) is 0 Å². The molecule has 0 spiro atoms. The van der Waals surface area contributed by atoms with Gasteiger partial charge in [0, 0.05) is 12.2 Å². The molecule has 0 aliphatic carbocycles. The first-order chi connectivity index (χ1) is 8.59. The zero-order valence-electron chi connectivity index (χ0n) is 11.5. The van der Waals surface area contributed by atoms with Crippen LogP contribution in [0.5, 0.6) is 0 Å². The van der Waals surface area contributed by atoms with Crippen LogP contribution in [-0.4, -0.2) is 6.54 Å². The van der Waals surface area contributed by atoms with Crippen molar-refractivity contribution in [2.24, 2.45) is 5.92 Å². The second kappa shape index (κ2) is 7.96. The number of hydrogen-bond donors (Lipinski definition) is 2. The van der Waals surface area contributed by atoms with Crippen LogP contribution < -0.4 is 11.1 Å². The summed E-state index contributed by atoms with van der Waals surface area (Å²) in [6.45, 7) is 5.33. The maximum Gasteiger partial charge on any atom is 0.148 e. The maximum absolute atomic E-state index is 13.4. The van der Waals surface area contributed by atoms with E-state index in [1.807, 2.05) is 0 Å². The fourth-order valence-corrected chi connectivity index (χ4v) is 1.93. The van der Waals surface area contributed by atoms with Crippen LogP contribution in [0.4, 0.5) is 15.8 Å². The molecule has 1 aromatic carbocycles. The van der Waals surface area contributed by atoms with Gasteiger partial charge in [0.15, 0.2) is 0 Å². The van der Waals surface area contributed by atoms with Gasteiger partial charge in [0.1, 0.15) is 5.82 Å². The molecule has 0 radical (unpaired) electrons. The second-order valence-electron chi connectivity index (χ2n) is 5.26. The van der Waals surface area contributed by atoms with Gasteiger partial charge in [-0.2, -0.15) is 0 Å². The van der Waals surface area contributed by atoms with Gasteiger partial charge in [0.2, 0.25) is 0 Å². The van der Waals surface area contributed by atoms with Crippen LogP contribution in [0.25, 0.3) is 0 Å². The molecular formula is C15H25FN2. The molecule has 0 saturated heterocycles. The van der Waals surface area contributed by atoms with E-state index in [4.69, 9.17) is 5.73 Å². The molecule has 1 aromatic rings. The molecule has 3 heteroatoms. The molecule has 0 fully saturated rings. The fourth-order valence-electron chi connectivity index (χ4n) is 1.93. The van der Waals surface area contributed by atoms with Crippen LogP contribution in [0.2, 0.25) is 0 Å². The molecule has 18 heavy (non-hydrogen) atoms. The molecule has 0 unspecified atom stereocenters. The van der Waals surface area contributed by atoms with Crippen molar-refractivity contribution in [3.8, 4) is 0 Å². The fraction of sp³-hybridized carbons (Fsp3) is 0.600. The van der Waals surface area contributed by atoms with Crippen LogP contribution in [0, 0.1) is 11.7 Å². The van der Waals surface area contributed by atoms with Gasteiger partial charge >= 0.3 is 0 Å². The Morgan fingerprint density at radius 1 is 1.17 bits per heavy atom. The summed E-state index contributed by atoms with van der Waals surface area (Å²) in [5.74, 6) is 0.529. The largest absolute Gasteiger partial charge is 0.399 e. The van der Waals surface area contributed by atoms with E-state index in [1.54, 1.807) is 12.1 Å². The van der Waals surface area contributed by atoms with E-state index in [0.717, 1.165) is 18.9 Å². The summed E-state index contributed by atoms with van der Waals surface area (Å²) < 4.78 is 13.4. The Labute approximate surface area is 110 Å². The Morgan fingerprint density at radius 3 is 2.56 bits per heavy atom. The quantitative estimate of drug-likeness (QED) is 0.530. The molecule has 1 rings (SSSR count). The van der Waals surface area contributed by atoms with Crippen molar-refractivity contribution in [2.75, 3.05) is 17.6 Å². The molecule has 0 heterocycles. The lowest BCUT2D eigenvalue weighted by Crippen LogP contribution is -2.03. The minimum Gasteiger partial charge on any atom is -0.399 e. The molecule has 2 nitrogen and oxygen atoms in total. The van der Waals surface area contributed by atoms with Gasteiger partial charge < -0.3 is 11.1 Å². The highest BCUT2D eigenvalue weighted by Crippen LogP contribution is 2.17. The monoisotopic (exact) mass is 252 g/mol. The Bertz CT molecular complexity index is 350. The molecule has 0 aliphatic heterocycles. The summed E-state index contributed by atoms with van der Waals surface area (Å²) in [7, 11) is 0. The van der Waals surface area contributed by atoms with Gasteiger partial charge in [-0.1, -0.05) is 39.5 Å². The van der Waals surface area contributed by atoms with Gasteiger partial charge in [-0.3, -0.25) is 0 Å². The van der Waals surface area contributed by atoms with Crippen LogP contribution in [-0.2, 0) is 0 Å². The van der Waals surface area contributed by atoms with Crippen molar-refractivity contribution >= 4 is 11.4 Å². The minimum atomic E-state index is -0.269. The standard InChI is InChI=1S/C15H25FN2/c1-12(2)7-5-3-4-6-10-18-15-9-8-13(17)11-14(15)16/h8-9,11-12,18H,3-7,10,17H2,1-2H3. The van der Waals surface area contributed by atoms with Crippen molar-refractivity contribution in [2.45, 2.75) is 46.0 Å². The van der Waals surface area contributed by atoms with Crippen LogP contribution in [0.15, 0.2) is 18.2 Å². The molecule has 0 atom stereocenters. The summed E-state index contributed by atoms with van der Waals surface area (Å²) in [5, 5.41) is 3.11. The van der Waals surface area contributed by atoms with Gasteiger partial charge in [0.25, 0.3) is 0 Å². The van der Waals surface area contributed by atoms with Crippen molar-refractivity contribution in [1.29, 1.82) is 0 Å². The lowest BCUT2D eigenvalue weighted by Gasteiger charge is -2.08. The van der Waals surface area contributed by atoms with Gasteiger partial charge in [0.05, 0.1) is 5.69 Å². The second-order valence-corrected chi connectivity index (χ2v) is 5.26. The SMILES string of the molecule is CC(C)CCCCCCNc1ccc(N)cc1F. The molecule has 0 aromatic heterocycles. The average Bonchev–Trinajstić information content (AvgIpc) is 2.30. The van der Waals surface area contributed by atoms with Gasteiger partial charge in [-0.15, -0.1) is 0 Å². The van der Waals surface area contributed by atoms with Crippen LogP contribution >= 0.6 is 0 Å². The predicted octanol–water partition coefficient (Wildman–Crippen LogP) is 4.43. The molecule has 0 saturated carbocycles. The van der Waals surface area contributed by atoms with Crippen molar-refractivity contribution < 1.29 is 4.39 Å². The van der Waals surface area contributed by atoms with E-state index in [2.05, 4.69) is 19.2 Å². The third-order valence-corrected chi connectivity index (χ3v) is 3.02. The third kappa shape index (κ3) is 5.89. The summed E-state index contributed by atoms with van der Waals surface area (Å²) in [6.07, 6.45) is 6.16. The van der Waals surface area contributed by atoms with E-state index >= 15 is 0 Å². The first-order valence-electron chi connectivity index (χ1n) is 6.88. The number of unbranched alkanes of at least 4 members (excludes halogenated alkanes) is 3. The number of anilines is 2. The van der Waals surface area contributed by atoms with E-state index < -0.39 is 0 Å². The predicted molar refractivity (Wildman–Crippen MR) is 77.2 cm³/mol. The summed E-state index contributed by atoms with van der Waals surface area (Å²) in [6, 6.07) is 4.77. The van der Waals surface area contributed by atoms with Gasteiger partial charge in [-0.05, 0) is 30.5 Å². The molecule has 0 amide bonds. The van der Waals surface area contributed by atoms with E-state index in [1.165, 1.54) is 31.7 Å². The summed E-state index contributed by atoms with van der Waals surface area (Å²) in [5.41, 5.74) is 6.51. The van der Waals surface area contributed by atoms with Crippen LogP contribution in [0.3, 0.4) is 0 Å². The van der Waals surface area contributed by atoms with Crippen molar-refractivity contribution in [3.63, 3.8) is 0 Å². The first-order valence-corrected chi connectivity index (χ1v) is 6.88. The molecule has 0 bridgehead atoms. The van der Waals surface area contributed by atoms with Crippen LogP contribution in [0.1, 0.15) is 46.0 Å². The zero-order valence-corrected chi connectivity index (χ0v) is 11.5.